The van der Waals surface area contributed by atoms with Gasteiger partial charge in [0.1, 0.15) is 5.75 Å². The third-order valence-electron chi connectivity index (χ3n) is 5.31. The van der Waals surface area contributed by atoms with Crippen molar-refractivity contribution in [2.45, 2.75) is 25.2 Å². The second kappa shape index (κ2) is 7.75. The molecule has 1 unspecified atom stereocenters. The molecule has 2 nitrogen and oxygen atoms in total. The van der Waals surface area contributed by atoms with Crippen LogP contribution in [0.25, 0.3) is 5.57 Å². The molecule has 1 atom stereocenters. The van der Waals surface area contributed by atoms with Crippen LogP contribution in [0.1, 0.15) is 36.3 Å². The van der Waals surface area contributed by atoms with Gasteiger partial charge < -0.3 is 10.8 Å². The molecule has 0 aliphatic heterocycles. The summed E-state index contributed by atoms with van der Waals surface area (Å²) >= 11 is 0. The van der Waals surface area contributed by atoms with Crippen molar-refractivity contribution in [2.24, 2.45) is 5.73 Å². The van der Waals surface area contributed by atoms with Crippen molar-refractivity contribution in [3.05, 3.63) is 107 Å². The molecule has 0 aromatic heterocycles. The summed E-state index contributed by atoms with van der Waals surface area (Å²) in [5, 5.41) is 9.44. The summed E-state index contributed by atoms with van der Waals surface area (Å²) in [5.74, 6) is 0.671. The largest absolute Gasteiger partial charge is 0.508 e. The molecule has 2 aromatic rings. The zero-order valence-corrected chi connectivity index (χ0v) is 15.3. The Kier molecular flexibility index (Phi) is 5.02. The highest BCUT2D eigenvalue weighted by Gasteiger charge is 2.18. The summed E-state index contributed by atoms with van der Waals surface area (Å²) in [4.78, 5) is 0. The monoisotopic (exact) mass is 352 g/mol. The molecule has 0 heterocycles. The second-order valence-corrected chi connectivity index (χ2v) is 7.19. The van der Waals surface area contributed by atoms with Gasteiger partial charge in [0.05, 0.1) is 0 Å². The highest BCUT2D eigenvalue weighted by Crippen LogP contribution is 2.32. The first-order valence-corrected chi connectivity index (χ1v) is 9.45. The van der Waals surface area contributed by atoms with Gasteiger partial charge in [-0.1, -0.05) is 72.2 Å². The molecule has 2 aromatic carbocycles. The highest BCUT2D eigenvalue weighted by molar-refractivity contribution is 6.55. The Morgan fingerprint density at radius 1 is 0.926 bits per heavy atom. The third-order valence-corrected chi connectivity index (χ3v) is 5.31. The first kappa shape index (κ1) is 17.5. The van der Waals surface area contributed by atoms with Crippen molar-refractivity contribution in [1.82, 2.24) is 0 Å². The Morgan fingerprint density at radius 3 is 2.37 bits per heavy atom. The number of hydrogen-bond acceptors (Lipinski definition) is 2. The second-order valence-electron chi connectivity index (χ2n) is 7.19. The number of hydrogen-bond donors (Lipinski definition) is 2. The average molecular weight is 352 g/mol. The van der Waals surface area contributed by atoms with Gasteiger partial charge in [-0.05, 0) is 48.1 Å². The fourth-order valence-electron chi connectivity index (χ4n) is 3.71. The lowest BCUT2D eigenvalue weighted by molar-refractivity contribution is 0.475. The van der Waals surface area contributed by atoms with Crippen LogP contribution >= 0.6 is 0 Å². The molecule has 133 valence electrons. The maximum Gasteiger partial charge on any atom is 0.188 e. The van der Waals surface area contributed by atoms with Gasteiger partial charge in [-0.2, -0.15) is 0 Å². The Bertz CT molecular complexity index is 936. The van der Waals surface area contributed by atoms with E-state index in [1.54, 1.807) is 12.1 Å². The molecule has 1 radical (unpaired) electrons. The van der Waals surface area contributed by atoms with Gasteiger partial charge in [-0.15, -0.1) is 5.47 Å². The highest BCUT2D eigenvalue weighted by atomic mass is 16.3. The number of phenols is 1. The summed E-state index contributed by atoms with van der Waals surface area (Å²) in [7, 11) is 2.22. The summed E-state index contributed by atoms with van der Waals surface area (Å²) in [5.41, 5.74) is 13.6. The summed E-state index contributed by atoms with van der Waals surface area (Å²) in [6.45, 7) is 0. The molecule has 3 heteroatoms. The number of phenolic OH excluding ortho intramolecular Hbond substituents is 1. The van der Waals surface area contributed by atoms with Crippen molar-refractivity contribution in [3.63, 3.8) is 0 Å². The van der Waals surface area contributed by atoms with Crippen LogP contribution in [0, 0.1) is 0 Å². The van der Waals surface area contributed by atoms with Gasteiger partial charge >= 0.3 is 0 Å². The number of nitrogens with two attached hydrogens (primary N) is 1. The normalized spacial score (nSPS) is 19.5. The van der Waals surface area contributed by atoms with E-state index in [4.69, 9.17) is 5.73 Å². The van der Waals surface area contributed by atoms with Crippen LogP contribution in [0.5, 0.6) is 5.75 Å². The van der Waals surface area contributed by atoms with E-state index in [9.17, 15) is 5.11 Å². The van der Waals surface area contributed by atoms with Gasteiger partial charge in [0, 0.05) is 11.6 Å². The predicted octanol–water partition coefficient (Wildman–Crippen LogP) is 5.07. The number of aromatic hydroxyl groups is 1. The van der Waals surface area contributed by atoms with Gasteiger partial charge in [-0.3, -0.25) is 0 Å². The molecule has 0 amide bonds. The minimum atomic E-state index is 0.306. The van der Waals surface area contributed by atoms with Crippen molar-refractivity contribution >= 4 is 12.9 Å². The van der Waals surface area contributed by atoms with E-state index in [-0.39, 0.29) is 0 Å². The Balaban J connectivity index is 1.44. The summed E-state index contributed by atoms with van der Waals surface area (Å²) in [6.07, 6.45) is 11.7. The van der Waals surface area contributed by atoms with Gasteiger partial charge in [-0.25, -0.2) is 0 Å². The van der Waals surface area contributed by atoms with Crippen LogP contribution in [0.3, 0.4) is 0 Å². The lowest BCUT2D eigenvalue weighted by Crippen LogP contribution is -2.15. The van der Waals surface area contributed by atoms with Crippen LogP contribution in [0.15, 0.2) is 95.5 Å². The fraction of sp³-hybridized carbons (Fsp3) is 0.167. The van der Waals surface area contributed by atoms with E-state index in [1.165, 1.54) is 22.2 Å². The van der Waals surface area contributed by atoms with Crippen molar-refractivity contribution < 1.29 is 5.11 Å². The van der Waals surface area contributed by atoms with Gasteiger partial charge in [0.15, 0.2) is 7.28 Å². The molecule has 3 N–H and O–H groups in total. The average Bonchev–Trinajstić information content (AvgIpc) is 2.71. The molecule has 0 spiro atoms. The quantitative estimate of drug-likeness (QED) is 0.755. The third kappa shape index (κ3) is 4.08. The number of rotatable bonds is 4. The van der Waals surface area contributed by atoms with E-state index in [2.05, 4.69) is 55.8 Å². The van der Waals surface area contributed by atoms with E-state index in [1.807, 2.05) is 18.2 Å². The minimum Gasteiger partial charge on any atom is -0.508 e. The van der Waals surface area contributed by atoms with Crippen molar-refractivity contribution in [3.8, 4) is 5.75 Å². The fourth-order valence-corrected chi connectivity index (χ4v) is 3.71. The molecular weight excluding hydrogens is 329 g/mol. The van der Waals surface area contributed by atoms with Gasteiger partial charge in [0.2, 0.25) is 0 Å². The maximum absolute atomic E-state index is 9.44. The van der Waals surface area contributed by atoms with Crippen LogP contribution < -0.4 is 5.73 Å². The molecule has 0 bridgehead atoms. The van der Waals surface area contributed by atoms with Crippen LogP contribution in [0.4, 0.5) is 0 Å². The Morgan fingerprint density at radius 2 is 1.70 bits per heavy atom. The van der Waals surface area contributed by atoms with E-state index in [0.29, 0.717) is 11.7 Å². The van der Waals surface area contributed by atoms with E-state index >= 15 is 0 Å². The number of allylic oxidation sites excluding steroid dienone is 8. The van der Waals surface area contributed by atoms with Crippen molar-refractivity contribution in [2.75, 3.05) is 0 Å². The Hall–Kier alpha value is -2.94. The van der Waals surface area contributed by atoms with Crippen LogP contribution in [-0.2, 0) is 0 Å². The SMILES string of the molecule is NC1=C([B]C2=CC=C(c3ccc(O)cc3)CC2)C=CC(c2ccccc2)C1. The Labute approximate surface area is 161 Å². The zero-order valence-electron chi connectivity index (χ0n) is 15.3. The van der Waals surface area contributed by atoms with E-state index < -0.39 is 0 Å². The lowest BCUT2D eigenvalue weighted by atomic mass is 9.58. The molecule has 2 aliphatic carbocycles. The van der Waals surface area contributed by atoms with Gasteiger partial charge in [0.25, 0.3) is 0 Å². The lowest BCUT2D eigenvalue weighted by Gasteiger charge is -2.22. The van der Waals surface area contributed by atoms with E-state index in [0.717, 1.165) is 30.4 Å². The molecule has 27 heavy (non-hydrogen) atoms. The molecule has 4 rings (SSSR count). The smallest absolute Gasteiger partial charge is 0.188 e. The molecule has 2 aliphatic rings. The standard InChI is InChI=1S/C24H23BNO/c26-24-16-20(17-4-2-1-3-5-17)10-15-23(24)25-21-11-6-18(7-12-21)19-8-13-22(27)14-9-19/h1-6,8-11,13-15,20,27H,7,12,16,26H2. The first-order chi connectivity index (χ1) is 13.2. The van der Waals surface area contributed by atoms with Crippen molar-refractivity contribution in [1.29, 1.82) is 0 Å². The van der Waals surface area contributed by atoms with Crippen LogP contribution in [0.2, 0.25) is 0 Å². The first-order valence-electron chi connectivity index (χ1n) is 9.45. The summed E-state index contributed by atoms with van der Waals surface area (Å²) in [6, 6.07) is 17.9. The summed E-state index contributed by atoms with van der Waals surface area (Å²) < 4.78 is 0. The number of benzene rings is 2. The maximum atomic E-state index is 9.44. The molecule has 0 saturated carbocycles. The topological polar surface area (TPSA) is 46.2 Å². The molecule has 0 fully saturated rings. The molecule has 0 saturated heterocycles. The minimum absolute atomic E-state index is 0.306. The molecular formula is C24H23BNO. The van der Waals surface area contributed by atoms with Crippen LogP contribution in [-0.4, -0.2) is 12.4 Å². The zero-order chi connectivity index (χ0) is 18.6. The predicted molar refractivity (Wildman–Crippen MR) is 113 cm³/mol.